The zero-order valence-electron chi connectivity index (χ0n) is 13.3. The molecule has 0 aliphatic heterocycles. The number of para-hydroxylation sites is 1. The average Bonchev–Trinajstić information content (AvgIpc) is 3.01. The highest BCUT2D eigenvalue weighted by molar-refractivity contribution is 5.83. The summed E-state index contributed by atoms with van der Waals surface area (Å²) in [7, 11) is 0. The lowest BCUT2D eigenvalue weighted by Gasteiger charge is -2.07. The molecule has 3 aromatic rings. The second-order valence-electron chi connectivity index (χ2n) is 5.65. The average molecular weight is 325 g/mol. The maximum atomic E-state index is 13.5. The Hall–Kier alpha value is -2.66. The van der Waals surface area contributed by atoms with Gasteiger partial charge in [0.1, 0.15) is 5.82 Å². The molecule has 1 amide bonds. The van der Waals surface area contributed by atoms with Crippen molar-refractivity contribution in [2.75, 3.05) is 13.1 Å². The zero-order valence-corrected chi connectivity index (χ0v) is 13.3. The molecule has 4 nitrogen and oxygen atoms in total. The number of carbonyl (C=O) groups is 1. The fraction of sp³-hybridized carbons (Fsp3) is 0.211. The fourth-order valence-corrected chi connectivity index (χ4v) is 2.66. The Bertz CT molecular complexity index is 828. The molecule has 0 unspecified atom stereocenters. The Balaban J connectivity index is 1.40. The molecular weight excluding hydrogens is 305 g/mol. The normalized spacial score (nSPS) is 10.9. The summed E-state index contributed by atoms with van der Waals surface area (Å²) < 4.78 is 13.5. The predicted octanol–water partition coefficient (Wildman–Crippen LogP) is 2.76. The van der Waals surface area contributed by atoms with E-state index in [1.807, 2.05) is 24.4 Å². The van der Waals surface area contributed by atoms with Gasteiger partial charge in [-0.3, -0.25) is 4.79 Å². The van der Waals surface area contributed by atoms with Gasteiger partial charge in [-0.05, 0) is 30.7 Å². The van der Waals surface area contributed by atoms with Crippen LogP contribution in [-0.2, 0) is 17.8 Å². The maximum absolute atomic E-state index is 13.5. The van der Waals surface area contributed by atoms with Crippen molar-refractivity contribution in [3.63, 3.8) is 0 Å². The number of halogens is 1. The first-order chi connectivity index (χ1) is 11.7. The minimum atomic E-state index is -0.301. The molecule has 0 bridgehead atoms. The van der Waals surface area contributed by atoms with Crippen molar-refractivity contribution in [1.82, 2.24) is 15.6 Å². The molecule has 2 aromatic carbocycles. The summed E-state index contributed by atoms with van der Waals surface area (Å²) >= 11 is 0. The van der Waals surface area contributed by atoms with Crippen LogP contribution in [-0.4, -0.2) is 24.0 Å². The smallest absolute Gasteiger partial charge is 0.234 e. The van der Waals surface area contributed by atoms with Gasteiger partial charge in [0.25, 0.3) is 0 Å². The van der Waals surface area contributed by atoms with E-state index < -0.39 is 0 Å². The van der Waals surface area contributed by atoms with Crippen LogP contribution in [0, 0.1) is 5.82 Å². The Kier molecular flexibility index (Phi) is 5.23. The third kappa shape index (κ3) is 4.00. The molecule has 0 aliphatic carbocycles. The maximum Gasteiger partial charge on any atom is 0.234 e. The number of aromatic amines is 1. The standard InChI is InChI=1S/C19H20FN3O/c20-17-7-3-1-5-15(17)12-23-19(24)13-21-10-9-14-11-22-18-8-4-2-6-16(14)18/h1-8,11,21-22H,9-10,12-13H2,(H,23,24). The van der Waals surface area contributed by atoms with E-state index in [0.717, 1.165) is 11.9 Å². The number of aromatic nitrogens is 1. The summed E-state index contributed by atoms with van der Waals surface area (Å²) in [5, 5.41) is 7.05. The molecule has 124 valence electrons. The number of amides is 1. The third-order valence-electron chi connectivity index (χ3n) is 3.97. The van der Waals surface area contributed by atoms with E-state index >= 15 is 0 Å². The lowest BCUT2D eigenvalue weighted by Crippen LogP contribution is -2.34. The van der Waals surface area contributed by atoms with Crippen molar-refractivity contribution in [2.24, 2.45) is 0 Å². The highest BCUT2D eigenvalue weighted by atomic mass is 19.1. The number of hydrogen-bond acceptors (Lipinski definition) is 2. The first-order valence-electron chi connectivity index (χ1n) is 8.00. The minimum absolute atomic E-state index is 0.142. The lowest BCUT2D eigenvalue weighted by atomic mass is 10.1. The monoisotopic (exact) mass is 325 g/mol. The topological polar surface area (TPSA) is 56.9 Å². The van der Waals surface area contributed by atoms with E-state index in [2.05, 4.69) is 21.7 Å². The summed E-state index contributed by atoms with van der Waals surface area (Å²) in [5.41, 5.74) is 2.84. The van der Waals surface area contributed by atoms with Crippen LogP contribution in [0.15, 0.2) is 54.7 Å². The predicted molar refractivity (Wildman–Crippen MR) is 93.1 cm³/mol. The van der Waals surface area contributed by atoms with Gasteiger partial charge in [0.05, 0.1) is 6.54 Å². The van der Waals surface area contributed by atoms with E-state index in [9.17, 15) is 9.18 Å². The highest BCUT2D eigenvalue weighted by Gasteiger charge is 2.05. The second kappa shape index (κ2) is 7.75. The van der Waals surface area contributed by atoms with Gasteiger partial charge < -0.3 is 15.6 Å². The molecule has 0 radical (unpaired) electrons. The van der Waals surface area contributed by atoms with Crippen molar-refractivity contribution in [2.45, 2.75) is 13.0 Å². The first-order valence-corrected chi connectivity index (χ1v) is 8.00. The molecule has 3 rings (SSSR count). The van der Waals surface area contributed by atoms with Crippen molar-refractivity contribution in [3.8, 4) is 0 Å². The number of fused-ring (bicyclic) bond motifs is 1. The Morgan fingerprint density at radius 3 is 2.71 bits per heavy atom. The van der Waals surface area contributed by atoms with Gasteiger partial charge in [0.15, 0.2) is 0 Å². The molecular formula is C19H20FN3O. The van der Waals surface area contributed by atoms with E-state index in [1.54, 1.807) is 18.2 Å². The Morgan fingerprint density at radius 1 is 1.04 bits per heavy atom. The first kappa shape index (κ1) is 16.2. The molecule has 24 heavy (non-hydrogen) atoms. The summed E-state index contributed by atoms with van der Waals surface area (Å²) in [4.78, 5) is 15.0. The lowest BCUT2D eigenvalue weighted by molar-refractivity contribution is -0.120. The second-order valence-corrected chi connectivity index (χ2v) is 5.65. The quantitative estimate of drug-likeness (QED) is 0.585. The molecule has 0 fully saturated rings. The number of benzene rings is 2. The van der Waals surface area contributed by atoms with E-state index in [1.165, 1.54) is 17.0 Å². The molecule has 3 N–H and O–H groups in total. The van der Waals surface area contributed by atoms with Gasteiger partial charge in [0, 0.05) is 29.2 Å². The Morgan fingerprint density at radius 2 is 1.83 bits per heavy atom. The molecule has 0 saturated carbocycles. The van der Waals surface area contributed by atoms with E-state index in [-0.39, 0.29) is 24.8 Å². The summed E-state index contributed by atoms with van der Waals surface area (Å²) in [5.74, 6) is -0.442. The Labute approximate surface area is 140 Å². The van der Waals surface area contributed by atoms with Gasteiger partial charge >= 0.3 is 0 Å². The van der Waals surface area contributed by atoms with Gasteiger partial charge in [-0.15, -0.1) is 0 Å². The number of hydrogen-bond donors (Lipinski definition) is 3. The van der Waals surface area contributed by atoms with Gasteiger partial charge in [0.2, 0.25) is 5.91 Å². The van der Waals surface area contributed by atoms with Crippen LogP contribution in [0.1, 0.15) is 11.1 Å². The zero-order chi connectivity index (χ0) is 16.8. The highest BCUT2D eigenvalue weighted by Crippen LogP contribution is 2.17. The van der Waals surface area contributed by atoms with Crippen molar-refractivity contribution in [1.29, 1.82) is 0 Å². The van der Waals surface area contributed by atoms with Gasteiger partial charge in [-0.2, -0.15) is 0 Å². The number of nitrogens with one attached hydrogen (secondary N) is 3. The van der Waals surface area contributed by atoms with E-state index in [4.69, 9.17) is 0 Å². The van der Waals surface area contributed by atoms with E-state index in [0.29, 0.717) is 12.1 Å². The SMILES string of the molecule is O=C(CNCCc1c[nH]c2ccccc12)NCc1ccccc1F. The van der Waals surface area contributed by atoms with Crippen LogP contribution in [0.2, 0.25) is 0 Å². The molecule has 1 aromatic heterocycles. The molecule has 0 atom stereocenters. The van der Waals surface area contributed by atoms with Gasteiger partial charge in [-0.25, -0.2) is 4.39 Å². The van der Waals surface area contributed by atoms with Crippen LogP contribution in [0.25, 0.3) is 10.9 Å². The summed E-state index contributed by atoms with van der Waals surface area (Å²) in [6.07, 6.45) is 2.84. The fourth-order valence-electron chi connectivity index (χ4n) is 2.66. The van der Waals surface area contributed by atoms with Crippen LogP contribution < -0.4 is 10.6 Å². The van der Waals surface area contributed by atoms with Crippen molar-refractivity contribution < 1.29 is 9.18 Å². The number of rotatable bonds is 7. The van der Waals surface area contributed by atoms with Crippen LogP contribution in [0.3, 0.4) is 0 Å². The molecule has 1 heterocycles. The summed E-state index contributed by atoms with van der Waals surface area (Å²) in [6.45, 7) is 1.13. The van der Waals surface area contributed by atoms with Crippen LogP contribution >= 0.6 is 0 Å². The minimum Gasteiger partial charge on any atom is -0.361 e. The molecule has 0 aliphatic rings. The van der Waals surface area contributed by atoms with Gasteiger partial charge in [-0.1, -0.05) is 36.4 Å². The molecule has 0 saturated heterocycles. The molecule has 0 spiro atoms. The number of carbonyl (C=O) groups excluding carboxylic acids is 1. The van der Waals surface area contributed by atoms with Crippen molar-refractivity contribution >= 4 is 16.8 Å². The summed E-state index contributed by atoms with van der Waals surface area (Å²) in [6, 6.07) is 14.6. The van der Waals surface area contributed by atoms with Crippen LogP contribution in [0.5, 0.6) is 0 Å². The third-order valence-corrected chi connectivity index (χ3v) is 3.97. The number of H-pyrrole nitrogens is 1. The largest absolute Gasteiger partial charge is 0.361 e. The van der Waals surface area contributed by atoms with Crippen LogP contribution in [0.4, 0.5) is 4.39 Å². The van der Waals surface area contributed by atoms with Crippen molar-refractivity contribution in [3.05, 3.63) is 71.7 Å². The molecule has 5 heteroatoms.